The van der Waals surface area contributed by atoms with Crippen LogP contribution in [0.15, 0.2) is 24.3 Å². The maximum Gasteiger partial charge on any atom is 0.317 e. The number of likely N-dealkylation sites (tertiary alicyclic amines) is 1. The van der Waals surface area contributed by atoms with E-state index >= 15 is 0 Å². The van der Waals surface area contributed by atoms with Crippen molar-refractivity contribution in [3.8, 4) is 0 Å². The normalized spacial score (nSPS) is 17.8. The van der Waals surface area contributed by atoms with E-state index in [1.165, 1.54) is 5.56 Å². The van der Waals surface area contributed by atoms with Crippen molar-refractivity contribution in [3.63, 3.8) is 0 Å². The van der Waals surface area contributed by atoms with E-state index in [4.69, 9.17) is 5.73 Å². The molecule has 6 heteroatoms. The predicted octanol–water partition coefficient (Wildman–Crippen LogP) is 1.55. The summed E-state index contributed by atoms with van der Waals surface area (Å²) in [6, 6.07) is 8.20. The Balaban J connectivity index is 1.80. The lowest BCUT2D eigenvalue weighted by Crippen LogP contribution is -2.45. The van der Waals surface area contributed by atoms with Crippen molar-refractivity contribution in [2.24, 2.45) is 11.7 Å². The summed E-state index contributed by atoms with van der Waals surface area (Å²) in [4.78, 5) is 27.3. The summed E-state index contributed by atoms with van der Waals surface area (Å²) in [7, 11) is 4.08. The minimum absolute atomic E-state index is 0.0680. The van der Waals surface area contributed by atoms with Crippen molar-refractivity contribution in [3.05, 3.63) is 35.4 Å². The number of nitrogens with two attached hydrogens (primary N) is 1. The predicted molar refractivity (Wildman–Crippen MR) is 94.2 cm³/mol. The second kappa shape index (κ2) is 8.68. The van der Waals surface area contributed by atoms with Crippen LogP contribution < -0.4 is 11.1 Å². The summed E-state index contributed by atoms with van der Waals surface area (Å²) in [6.07, 6.45) is 2.24. The van der Waals surface area contributed by atoms with Crippen molar-refractivity contribution in [2.45, 2.75) is 32.4 Å². The number of hydrogen-bond acceptors (Lipinski definition) is 3. The summed E-state index contributed by atoms with van der Waals surface area (Å²) in [5.74, 6) is -0.104. The highest BCUT2D eigenvalue weighted by Crippen LogP contribution is 2.19. The highest BCUT2D eigenvalue weighted by molar-refractivity contribution is 5.75. The Hall–Kier alpha value is -2.08. The Bertz CT molecular complexity index is 557. The lowest BCUT2D eigenvalue weighted by atomic mass is 9.95. The van der Waals surface area contributed by atoms with Gasteiger partial charge in [0.15, 0.2) is 0 Å². The first kappa shape index (κ1) is 18.3. The number of amides is 3. The molecule has 1 fully saturated rings. The van der Waals surface area contributed by atoms with Crippen LogP contribution in [0.4, 0.5) is 4.79 Å². The van der Waals surface area contributed by atoms with Crippen LogP contribution in [0.1, 0.15) is 30.4 Å². The third-order valence-electron chi connectivity index (χ3n) is 4.26. The number of carbonyl (C=O) groups is 2. The summed E-state index contributed by atoms with van der Waals surface area (Å²) >= 11 is 0. The first-order valence-electron chi connectivity index (χ1n) is 8.47. The summed E-state index contributed by atoms with van der Waals surface area (Å²) < 4.78 is 0. The molecule has 24 heavy (non-hydrogen) atoms. The van der Waals surface area contributed by atoms with Crippen LogP contribution in [-0.4, -0.2) is 48.9 Å². The van der Waals surface area contributed by atoms with Crippen LogP contribution in [-0.2, 0) is 17.9 Å². The summed E-state index contributed by atoms with van der Waals surface area (Å²) in [5, 5.41) is 2.96. The third-order valence-corrected chi connectivity index (χ3v) is 4.26. The van der Waals surface area contributed by atoms with Gasteiger partial charge in [0, 0.05) is 32.6 Å². The van der Waals surface area contributed by atoms with Gasteiger partial charge in [0.25, 0.3) is 0 Å². The first-order valence-corrected chi connectivity index (χ1v) is 8.47. The monoisotopic (exact) mass is 332 g/mol. The minimum Gasteiger partial charge on any atom is -0.370 e. The minimum atomic E-state index is -0.292. The SMILES string of the molecule is CN(C)Cc1ccc(CNC(=O)N2CCC[C@H](CC(N)=O)C2)cc1. The zero-order valence-electron chi connectivity index (χ0n) is 14.6. The summed E-state index contributed by atoms with van der Waals surface area (Å²) in [5.41, 5.74) is 7.59. The molecule has 6 nitrogen and oxygen atoms in total. The molecule has 0 aromatic heterocycles. The molecule has 1 saturated heterocycles. The maximum absolute atomic E-state index is 12.3. The van der Waals surface area contributed by atoms with Gasteiger partial charge in [0.1, 0.15) is 0 Å². The van der Waals surface area contributed by atoms with E-state index in [1.807, 2.05) is 26.2 Å². The topological polar surface area (TPSA) is 78.7 Å². The molecule has 0 saturated carbocycles. The van der Waals surface area contributed by atoms with E-state index in [1.54, 1.807) is 4.90 Å². The third kappa shape index (κ3) is 5.85. The molecule has 1 aliphatic rings. The number of hydrogen-bond donors (Lipinski definition) is 2. The first-order chi connectivity index (χ1) is 11.4. The van der Waals surface area contributed by atoms with Gasteiger partial charge in [-0.3, -0.25) is 4.79 Å². The molecule has 0 radical (unpaired) electrons. The van der Waals surface area contributed by atoms with E-state index in [9.17, 15) is 9.59 Å². The Morgan fingerprint density at radius 2 is 1.92 bits per heavy atom. The maximum atomic E-state index is 12.3. The molecule has 1 aliphatic heterocycles. The van der Waals surface area contributed by atoms with Gasteiger partial charge in [-0.1, -0.05) is 24.3 Å². The molecule has 0 spiro atoms. The molecular weight excluding hydrogens is 304 g/mol. The highest BCUT2D eigenvalue weighted by Gasteiger charge is 2.24. The van der Waals surface area contributed by atoms with Crippen LogP contribution >= 0.6 is 0 Å². The number of primary amides is 1. The molecule has 0 unspecified atom stereocenters. The van der Waals surface area contributed by atoms with Crippen LogP contribution in [0, 0.1) is 5.92 Å². The number of carbonyl (C=O) groups excluding carboxylic acids is 2. The molecule has 1 atom stereocenters. The molecule has 0 bridgehead atoms. The van der Waals surface area contributed by atoms with Gasteiger partial charge in [-0.15, -0.1) is 0 Å². The van der Waals surface area contributed by atoms with Crippen molar-refractivity contribution >= 4 is 11.9 Å². The molecule has 1 aromatic carbocycles. The van der Waals surface area contributed by atoms with Crippen LogP contribution in [0.25, 0.3) is 0 Å². The van der Waals surface area contributed by atoms with Gasteiger partial charge in [0.2, 0.25) is 5.91 Å². The number of piperidine rings is 1. The molecule has 132 valence electrons. The second-order valence-corrected chi connectivity index (χ2v) is 6.84. The largest absolute Gasteiger partial charge is 0.370 e. The second-order valence-electron chi connectivity index (χ2n) is 6.84. The van der Waals surface area contributed by atoms with Crippen molar-refractivity contribution in [1.29, 1.82) is 0 Å². The van der Waals surface area contributed by atoms with E-state index in [0.717, 1.165) is 31.5 Å². The number of benzene rings is 1. The van der Waals surface area contributed by atoms with Gasteiger partial charge in [-0.25, -0.2) is 4.79 Å². The van der Waals surface area contributed by atoms with Gasteiger partial charge >= 0.3 is 6.03 Å². The Kier molecular flexibility index (Phi) is 6.61. The lowest BCUT2D eigenvalue weighted by Gasteiger charge is -2.32. The molecule has 0 aliphatic carbocycles. The molecule has 1 heterocycles. The quantitative estimate of drug-likeness (QED) is 0.829. The van der Waals surface area contributed by atoms with E-state index in [0.29, 0.717) is 19.5 Å². The average molecular weight is 332 g/mol. The highest BCUT2D eigenvalue weighted by atomic mass is 16.2. The van der Waals surface area contributed by atoms with Gasteiger partial charge in [0.05, 0.1) is 0 Å². The zero-order valence-corrected chi connectivity index (χ0v) is 14.6. The fourth-order valence-corrected chi connectivity index (χ4v) is 3.12. The van der Waals surface area contributed by atoms with E-state index in [-0.39, 0.29) is 17.9 Å². The standard InChI is InChI=1S/C18H28N4O2/c1-21(2)12-15-7-5-14(6-8-15)11-20-18(24)22-9-3-4-16(13-22)10-17(19)23/h5-8,16H,3-4,9-13H2,1-2H3,(H2,19,23)(H,20,24)/t16-/m1/s1. The average Bonchev–Trinajstić information content (AvgIpc) is 2.53. The molecule has 3 N–H and O–H groups in total. The van der Waals surface area contributed by atoms with Crippen molar-refractivity contribution in [2.75, 3.05) is 27.2 Å². The molecule has 2 rings (SSSR count). The number of nitrogens with zero attached hydrogens (tertiary/aromatic N) is 2. The van der Waals surface area contributed by atoms with Gasteiger partial charge < -0.3 is 20.9 Å². The molecule has 1 aromatic rings. The Morgan fingerprint density at radius 1 is 1.25 bits per heavy atom. The van der Waals surface area contributed by atoms with Crippen LogP contribution in [0.3, 0.4) is 0 Å². The Morgan fingerprint density at radius 3 is 2.54 bits per heavy atom. The zero-order chi connectivity index (χ0) is 17.5. The van der Waals surface area contributed by atoms with E-state index < -0.39 is 0 Å². The van der Waals surface area contributed by atoms with Gasteiger partial charge in [-0.05, 0) is 44.0 Å². The smallest absolute Gasteiger partial charge is 0.317 e. The Labute approximate surface area is 144 Å². The number of nitrogens with one attached hydrogen (secondary N) is 1. The number of urea groups is 1. The van der Waals surface area contributed by atoms with Crippen LogP contribution in [0.2, 0.25) is 0 Å². The lowest BCUT2D eigenvalue weighted by molar-refractivity contribution is -0.119. The fourth-order valence-electron chi connectivity index (χ4n) is 3.12. The van der Waals surface area contributed by atoms with Crippen LogP contribution in [0.5, 0.6) is 0 Å². The number of rotatable bonds is 6. The van der Waals surface area contributed by atoms with Crippen molar-refractivity contribution in [1.82, 2.24) is 15.1 Å². The van der Waals surface area contributed by atoms with Crippen molar-refractivity contribution < 1.29 is 9.59 Å². The fraction of sp³-hybridized carbons (Fsp3) is 0.556. The molecule has 3 amide bonds. The van der Waals surface area contributed by atoms with E-state index in [2.05, 4.69) is 22.3 Å². The molecular formula is C18H28N4O2. The summed E-state index contributed by atoms with van der Waals surface area (Å²) in [6.45, 7) is 2.76. The van der Waals surface area contributed by atoms with Gasteiger partial charge in [-0.2, -0.15) is 0 Å².